The van der Waals surface area contributed by atoms with Gasteiger partial charge in [0.1, 0.15) is 6.04 Å². The lowest BCUT2D eigenvalue weighted by Gasteiger charge is -2.33. The van der Waals surface area contributed by atoms with Crippen LogP contribution in [0.2, 0.25) is 0 Å². The zero-order chi connectivity index (χ0) is 13.5. The number of carbonyl (C=O) groups is 2. The Morgan fingerprint density at radius 3 is 2.68 bits per heavy atom. The highest BCUT2D eigenvalue weighted by molar-refractivity contribution is 5.86. The molecule has 1 saturated heterocycles. The molecule has 1 fully saturated rings. The summed E-state index contributed by atoms with van der Waals surface area (Å²) >= 11 is 0. The van der Waals surface area contributed by atoms with Crippen LogP contribution in [-0.2, 0) is 4.79 Å². The molecule has 7 heteroatoms. The lowest BCUT2D eigenvalue weighted by molar-refractivity contribution is -0.134. The first-order valence-electron chi connectivity index (χ1n) is 6.65. The van der Waals surface area contributed by atoms with Gasteiger partial charge in [-0.1, -0.05) is 19.8 Å². The summed E-state index contributed by atoms with van der Waals surface area (Å²) in [6, 6.07) is -1.11. The number of nitrogens with zero attached hydrogens (tertiary/aromatic N) is 1. The topological polar surface area (TPSA) is 101 Å². The number of hydrogen-bond donors (Lipinski definition) is 3. The first-order chi connectivity index (χ1) is 8.54. The van der Waals surface area contributed by atoms with Crippen molar-refractivity contribution in [2.45, 2.75) is 51.1 Å². The molecule has 0 radical (unpaired) electrons. The van der Waals surface area contributed by atoms with Gasteiger partial charge in [-0.3, -0.25) is 4.79 Å². The normalized spacial score (nSPS) is 20.3. The van der Waals surface area contributed by atoms with E-state index in [0.29, 0.717) is 13.0 Å². The molecule has 0 aromatic carbocycles. The van der Waals surface area contributed by atoms with Crippen molar-refractivity contribution in [2.75, 3.05) is 13.1 Å². The third kappa shape index (κ3) is 6.11. The zero-order valence-electron chi connectivity index (χ0n) is 11.4. The second-order valence-corrected chi connectivity index (χ2v) is 4.89. The Kier molecular flexibility index (Phi) is 8.51. The number of nitrogens with two attached hydrogens (primary N) is 2. The summed E-state index contributed by atoms with van der Waals surface area (Å²) in [5, 5.41) is 2.53. The second-order valence-electron chi connectivity index (χ2n) is 4.89. The summed E-state index contributed by atoms with van der Waals surface area (Å²) in [7, 11) is 0. The number of halogens is 1. The van der Waals surface area contributed by atoms with Crippen LogP contribution in [0.4, 0.5) is 4.79 Å². The number of rotatable bonds is 5. The number of amides is 3. The van der Waals surface area contributed by atoms with Gasteiger partial charge in [0.15, 0.2) is 0 Å². The molecule has 0 spiro atoms. The highest BCUT2D eigenvalue weighted by Gasteiger charge is 2.27. The fourth-order valence-corrected chi connectivity index (χ4v) is 2.27. The molecule has 1 aliphatic rings. The Labute approximate surface area is 120 Å². The summed E-state index contributed by atoms with van der Waals surface area (Å²) in [6.45, 7) is 3.33. The molecule has 19 heavy (non-hydrogen) atoms. The highest BCUT2D eigenvalue weighted by Crippen LogP contribution is 2.12. The maximum absolute atomic E-state index is 12.3. The predicted molar refractivity (Wildman–Crippen MR) is 77.1 cm³/mol. The fraction of sp³-hybridized carbons (Fsp3) is 0.833. The van der Waals surface area contributed by atoms with Crippen molar-refractivity contribution in [3.63, 3.8) is 0 Å². The first-order valence-corrected chi connectivity index (χ1v) is 6.65. The molecule has 0 aromatic rings. The number of hydrogen-bond acceptors (Lipinski definition) is 3. The molecule has 1 rings (SSSR count). The molecular weight excluding hydrogens is 268 g/mol. The van der Waals surface area contributed by atoms with Crippen molar-refractivity contribution < 1.29 is 9.59 Å². The maximum Gasteiger partial charge on any atom is 0.312 e. The second kappa shape index (κ2) is 8.98. The van der Waals surface area contributed by atoms with E-state index in [2.05, 4.69) is 5.32 Å². The average molecular weight is 293 g/mol. The zero-order valence-corrected chi connectivity index (χ0v) is 12.2. The van der Waals surface area contributed by atoms with Crippen LogP contribution in [0.5, 0.6) is 0 Å². The third-order valence-electron chi connectivity index (χ3n) is 3.23. The molecule has 0 aliphatic carbocycles. The number of unbranched alkanes of at least 4 members (excludes halogenated alkanes) is 1. The van der Waals surface area contributed by atoms with E-state index in [1.54, 1.807) is 4.90 Å². The number of urea groups is 1. The van der Waals surface area contributed by atoms with Gasteiger partial charge in [0, 0.05) is 19.1 Å². The van der Waals surface area contributed by atoms with Crippen molar-refractivity contribution in [1.29, 1.82) is 0 Å². The van der Waals surface area contributed by atoms with Crippen molar-refractivity contribution in [3.05, 3.63) is 0 Å². The van der Waals surface area contributed by atoms with E-state index in [1.165, 1.54) is 0 Å². The van der Waals surface area contributed by atoms with Gasteiger partial charge in [-0.05, 0) is 19.3 Å². The van der Waals surface area contributed by atoms with Gasteiger partial charge in [-0.15, -0.1) is 12.4 Å². The standard InChI is InChI=1S/C12H24N4O2.ClH/c1-2-3-6-10(15-12(14)18)11(17)16-7-4-5-9(13)8-16;/h9-10H,2-8,13H2,1H3,(H3,14,15,18);1H. The maximum atomic E-state index is 12.3. The summed E-state index contributed by atoms with van der Waals surface area (Å²) in [5.41, 5.74) is 11.0. The molecule has 0 aromatic heterocycles. The molecule has 6 nitrogen and oxygen atoms in total. The Morgan fingerprint density at radius 2 is 2.16 bits per heavy atom. The van der Waals surface area contributed by atoms with Crippen LogP contribution in [0.1, 0.15) is 39.0 Å². The summed E-state index contributed by atoms with van der Waals surface area (Å²) in [4.78, 5) is 25.0. The monoisotopic (exact) mass is 292 g/mol. The fourth-order valence-electron chi connectivity index (χ4n) is 2.27. The number of nitrogens with one attached hydrogen (secondary N) is 1. The number of piperidine rings is 1. The van der Waals surface area contributed by atoms with Crippen LogP contribution < -0.4 is 16.8 Å². The molecule has 112 valence electrons. The van der Waals surface area contributed by atoms with Crippen molar-refractivity contribution in [2.24, 2.45) is 11.5 Å². The van der Waals surface area contributed by atoms with Crippen molar-refractivity contribution in [3.8, 4) is 0 Å². The van der Waals surface area contributed by atoms with Gasteiger partial charge in [-0.25, -0.2) is 4.79 Å². The van der Waals surface area contributed by atoms with E-state index in [1.807, 2.05) is 6.92 Å². The minimum Gasteiger partial charge on any atom is -0.352 e. The Hall–Kier alpha value is -1.01. The van der Waals surface area contributed by atoms with Gasteiger partial charge < -0.3 is 21.7 Å². The third-order valence-corrected chi connectivity index (χ3v) is 3.23. The van der Waals surface area contributed by atoms with E-state index in [-0.39, 0.29) is 24.4 Å². The minimum atomic E-state index is -0.647. The van der Waals surface area contributed by atoms with Crippen molar-refractivity contribution >= 4 is 24.3 Å². The van der Waals surface area contributed by atoms with Crippen LogP contribution >= 0.6 is 12.4 Å². The molecular formula is C12H25ClN4O2. The van der Waals surface area contributed by atoms with Crippen LogP contribution in [0.3, 0.4) is 0 Å². The van der Waals surface area contributed by atoms with Gasteiger partial charge in [0.25, 0.3) is 0 Å². The van der Waals surface area contributed by atoms with Gasteiger partial charge in [-0.2, -0.15) is 0 Å². The Morgan fingerprint density at radius 1 is 1.47 bits per heavy atom. The Balaban J connectivity index is 0.00000324. The molecule has 3 amide bonds. The van der Waals surface area contributed by atoms with Gasteiger partial charge in [0.2, 0.25) is 5.91 Å². The number of primary amides is 1. The first kappa shape index (κ1) is 18.0. The van der Waals surface area contributed by atoms with Crippen LogP contribution in [0, 0.1) is 0 Å². The van der Waals surface area contributed by atoms with E-state index in [0.717, 1.165) is 32.2 Å². The highest BCUT2D eigenvalue weighted by atomic mass is 35.5. The summed E-state index contributed by atoms with van der Waals surface area (Å²) < 4.78 is 0. The SMILES string of the molecule is CCCCC(NC(N)=O)C(=O)N1CCCC(N)C1.Cl. The Bertz CT molecular complexity index is 301. The lowest BCUT2D eigenvalue weighted by Crippen LogP contribution is -2.54. The van der Waals surface area contributed by atoms with Crippen LogP contribution in [-0.4, -0.2) is 42.0 Å². The molecule has 5 N–H and O–H groups in total. The molecule has 1 heterocycles. The van der Waals surface area contributed by atoms with Crippen LogP contribution in [0.25, 0.3) is 0 Å². The molecule has 1 aliphatic heterocycles. The smallest absolute Gasteiger partial charge is 0.312 e. The average Bonchev–Trinajstić information content (AvgIpc) is 2.33. The predicted octanol–water partition coefficient (Wildman–Crippen LogP) is 0.585. The summed E-state index contributed by atoms with van der Waals surface area (Å²) in [5.74, 6) is -0.0580. The summed E-state index contributed by atoms with van der Waals surface area (Å²) in [6.07, 6.45) is 4.36. The molecule has 2 atom stereocenters. The van der Waals surface area contributed by atoms with Crippen molar-refractivity contribution in [1.82, 2.24) is 10.2 Å². The minimum absolute atomic E-state index is 0. The van der Waals surface area contributed by atoms with E-state index >= 15 is 0 Å². The van der Waals surface area contributed by atoms with E-state index < -0.39 is 12.1 Å². The molecule has 0 saturated carbocycles. The van der Waals surface area contributed by atoms with Gasteiger partial charge >= 0.3 is 6.03 Å². The van der Waals surface area contributed by atoms with E-state index in [9.17, 15) is 9.59 Å². The molecule has 2 unspecified atom stereocenters. The quantitative estimate of drug-likeness (QED) is 0.691. The number of carbonyl (C=O) groups excluding carboxylic acids is 2. The molecule has 0 bridgehead atoms. The van der Waals surface area contributed by atoms with Crippen LogP contribution in [0.15, 0.2) is 0 Å². The van der Waals surface area contributed by atoms with Gasteiger partial charge in [0.05, 0.1) is 0 Å². The number of likely N-dealkylation sites (tertiary alicyclic amines) is 1. The van der Waals surface area contributed by atoms with E-state index in [4.69, 9.17) is 11.5 Å². The largest absolute Gasteiger partial charge is 0.352 e. The lowest BCUT2D eigenvalue weighted by atomic mass is 10.0.